The molecule has 0 N–H and O–H groups in total. The molecule has 2 rings (SSSR count). The second-order valence-electron chi connectivity index (χ2n) is 5.81. The third kappa shape index (κ3) is 3.67. The number of aromatic nitrogens is 2. The lowest BCUT2D eigenvalue weighted by atomic mass is 9.94. The van der Waals surface area contributed by atoms with Crippen LogP contribution in [0.2, 0.25) is 0 Å². The normalized spacial score (nSPS) is 15.6. The van der Waals surface area contributed by atoms with Gasteiger partial charge < -0.3 is 9.64 Å². The molecule has 0 aliphatic heterocycles. The van der Waals surface area contributed by atoms with Crippen molar-refractivity contribution < 1.29 is 14.3 Å². The van der Waals surface area contributed by atoms with Gasteiger partial charge in [0, 0.05) is 25.3 Å². The molecule has 0 aromatic carbocycles. The zero-order valence-corrected chi connectivity index (χ0v) is 13.7. The third-order valence-electron chi connectivity index (χ3n) is 4.46. The molecule has 1 amide bonds. The van der Waals surface area contributed by atoms with Gasteiger partial charge >= 0.3 is 5.97 Å². The summed E-state index contributed by atoms with van der Waals surface area (Å²) >= 11 is 0. The Kier molecular flexibility index (Phi) is 5.57. The Labute approximate surface area is 131 Å². The smallest absolute Gasteiger partial charge is 0.342 e. The average molecular weight is 307 g/mol. The maximum atomic E-state index is 12.3. The van der Waals surface area contributed by atoms with Gasteiger partial charge in [-0.05, 0) is 26.7 Å². The standard InChI is InChI=1S/C16H25N3O3/c1-4-19(13-8-6-5-7-9-13)15(20)11-22-16(21)14-10-17-18(3)12(14)2/h10,13H,4-9,11H2,1-3H3. The molecule has 0 saturated heterocycles. The van der Waals surface area contributed by atoms with Crippen LogP contribution in [0.4, 0.5) is 0 Å². The van der Waals surface area contributed by atoms with Crippen LogP contribution in [0.3, 0.4) is 0 Å². The van der Waals surface area contributed by atoms with Gasteiger partial charge in [0.1, 0.15) is 5.56 Å². The lowest BCUT2D eigenvalue weighted by molar-refractivity contribution is -0.137. The Morgan fingerprint density at radius 2 is 2.05 bits per heavy atom. The molecular formula is C16H25N3O3. The van der Waals surface area contributed by atoms with E-state index in [0.29, 0.717) is 18.2 Å². The number of carbonyl (C=O) groups excluding carboxylic acids is 2. The summed E-state index contributed by atoms with van der Waals surface area (Å²) in [4.78, 5) is 26.2. The molecule has 1 aliphatic rings. The number of amides is 1. The highest BCUT2D eigenvalue weighted by molar-refractivity contribution is 5.92. The summed E-state index contributed by atoms with van der Waals surface area (Å²) in [5, 5.41) is 4.01. The number of nitrogens with zero attached hydrogens (tertiary/aromatic N) is 3. The minimum absolute atomic E-state index is 0.107. The molecule has 0 atom stereocenters. The van der Waals surface area contributed by atoms with Crippen LogP contribution in [0.25, 0.3) is 0 Å². The first-order valence-electron chi connectivity index (χ1n) is 7.99. The van der Waals surface area contributed by atoms with Crippen molar-refractivity contribution in [3.8, 4) is 0 Å². The molecule has 0 spiro atoms. The van der Waals surface area contributed by atoms with Crippen molar-refractivity contribution in [3.63, 3.8) is 0 Å². The van der Waals surface area contributed by atoms with Crippen LogP contribution in [0.15, 0.2) is 6.20 Å². The van der Waals surface area contributed by atoms with Gasteiger partial charge in [-0.3, -0.25) is 9.48 Å². The maximum Gasteiger partial charge on any atom is 0.342 e. The monoisotopic (exact) mass is 307 g/mol. The predicted octanol–water partition coefficient (Wildman–Crippen LogP) is 2.07. The molecule has 22 heavy (non-hydrogen) atoms. The van der Waals surface area contributed by atoms with E-state index in [1.807, 2.05) is 11.8 Å². The number of hydrogen-bond donors (Lipinski definition) is 0. The minimum atomic E-state index is -0.487. The van der Waals surface area contributed by atoms with Crippen molar-refractivity contribution in [2.75, 3.05) is 13.2 Å². The van der Waals surface area contributed by atoms with Crippen molar-refractivity contribution in [2.24, 2.45) is 7.05 Å². The average Bonchev–Trinajstić information content (AvgIpc) is 2.86. The van der Waals surface area contributed by atoms with Crippen molar-refractivity contribution in [1.82, 2.24) is 14.7 Å². The largest absolute Gasteiger partial charge is 0.452 e. The molecule has 1 saturated carbocycles. The Balaban J connectivity index is 1.90. The summed E-state index contributed by atoms with van der Waals surface area (Å²) in [7, 11) is 1.76. The molecule has 6 nitrogen and oxygen atoms in total. The fourth-order valence-electron chi connectivity index (χ4n) is 3.02. The zero-order chi connectivity index (χ0) is 16.1. The summed E-state index contributed by atoms with van der Waals surface area (Å²) in [6, 6.07) is 0.296. The SMILES string of the molecule is CCN(C(=O)COC(=O)c1cnn(C)c1C)C1CCCCC1. The summed E-state index contributed by atoms with van der Waals surface area (Å²) < 4.78 is 6.78. The zero-order valence-electron chi connectivity index (χ0n) is 13.7. The molecule has 6 heteroatoms. The number of hydrogen-bond acceptors (Lipinski definition) is 4. The highest BCUT2D eigenvalue weighted by Crippen LogP contribution is 2.22. The van der Waals surface area contributed by atoms with E-state index in [9.17, 15) is 9.59 Å². The molecule has 0 unspecified atom stereocenters. The quantitative estimate of drug-likeness (QED) is 0.781. The lowest BCUT2D eigenvalue weighted by Gasteiger charge is -2.33. The Hall–Kier alpha value is -1.85. The topological polar surface area (TPSA) is 64.4 Å². The second kappa shape index (κ2) is 7.42. The molecule has 122 valence electrons. The number of ether oxygens (including phenoxy) is 1. The van der Waals surface area contributed by atoms with Gasteiger partial charge in [0.25, 0.3) is 5.91 Å². The Morgan fingerprint density at radius 1 is 1.36 bits per heavy atom. The van der Waals surface area contributed by atoms with Crippen molar-refractivity contribution >= 4 is 11.9 Å². The van der Waals surface area contributed by atoms with Crippen molar-refractivity contribution in [1.29, 1.82) is 0 Å². The first-order chi connectivity index (χ1) is 10.5. The molecule has 1 aliphatic carbocycles. The summed E-state index contributed by atoms with van der Waals surface area (Å²) in [6.45, 7) is 4.23. The Bertz CT molecular complexity index is 533. The minimum Gasteiger partial charge on any atom is -0.452 e. The van der Waals surface area contributed by atoms with Crippen molar-refractivity contribution in [2.45, 2.75) is 52.0 Å². The van der Waals surface area contributed by atoms with E-state index in [0.717, 1.165) is 18.5 Å². The highest BCUT2D eigenvalue weighted by Gasteiger charge is 2.25. The van der Waals surface area contributed by atoms with Gasteiger partial charge in [-0.15, -0.1) is 0 Å². The molecule has 1 aromatic heterocycles. The number of esters is 1. The van der Waals surface area contributed by atoms with E-state index in [1.165, 1.54) is 25.5 Å². The second-order valence-corrected chi connectivity index (χ2v) is 5.81. The van der Waals surface area contributed by atoms with Crippen LogP contribution < -0.4 is 0 Å². The van der Waals surface area contributed by atoms with Crippen LogP contribution in [0, 0.1) is 6.92 Å². The maximum absolute atomic E-state index is 12.3. The number of aryl methyl sites for hydroxylation is 1. The molecular weight excluding hydrogens is 282 g/mol. The first kappa shape index (κ1) is 16.5. The van der Waals surface area contributed by atoms with Gasteiger partial charge in [-0.25, -0.2) is 4.79 Å². The third-order valence-corrected chi connectivity index (χ3v) is 4.46. The fraction of sp³-hybridized carbons (Fsp3) is 0.688. The van der Waals surface area contributed by atoms with E-state index in [4.69, 9.17) is 4.74 Å². The van der Waals surface area contributed by atoms with Gasteiger partial charge in [-0.2, -0.15) is 5.10 Å². The molecule has 1 aromatic rings. The lowest BCUT2D eigenvalue weighted by Crippen LogP contribution is -2.43. The molecule has 0 radical (unpaired) electrons. The van der Waals surface area contributed by atoms with Crippen LogP contribution in [-0.2, 0) is 16.6 Å². The van der Waals surface area contributed by atoms with Gasteiger partial charge in [-0.1, -0.05) is 19.3 Å². The van der Waals surface area contributed by atoms with E-state index in [-0.39, 0.29) is 12.5 Å². The van der Waals surface area contributed by atoms with E-state index >= 15 is 0 Å². The summed E-state index contributed by atoms with van der Waals surface area (Å²) in [6.07, 6.45) is 7.16. The number of carbonyl (C=O) groups is 2. The van der Waals surface area contributed by atoms with Crippen LogP contribution in [0.1, 0.15) is 55.1 Å². The van der Waals surface area contributed by atoms with Gasteiger partial charge in [0.2, 0.25) is 0 Å². The highest BCUT2D eigenvalue weighted by atomic mass is 16.5. The number of rotatable bonds is 5. The van der Waals surface area contributed by atoms with E-state index in [1.54, 1.807) is 18.7 Å². The first-order valence-corrected chi connectivity index (χ1v) is 7.99. The van der Waals surface area contributed by atoms with Gasteiger partial charge in [0.05, 0.1) is 6.20 Å². The van der Waals surface area contributed by atoms with E-state index < -0.39 is 5.97 Å². The van der Waals surface area contributed by atoms with Crippen LogP contribution in [0.5, 0.6) is 0 Å². The molecule has 0 bridgehead atoms. The fourth-order valence-corrected chi connectivity index (χ4v) is 3.02. The van der Waals surface area contributed by atoms with E-state index in [2.05, 4.69) is 5.10 Å². The van der Waals surface area contributed by atoms with Crippen molar-refractivity contribution in [3.05, 3.63) is 17.5 Å². The molecule has 1 heterocycles. The summed E-state index contributed by atoms with van der Waals surface area (Å²) in [5.41, 5.74) is 1.15. The van der Waals surface area contributed by atoms with Gasteiger partial charge in [0.15, 0.2) is 6.61 Å². The summed E-state index contributed by atoms with van der Waals surface area (Å²) in [5.74, 6) is -0.594. The Morgan fingerprint density at radius 3 is 2.59 bits per heavy atom. The number of likely N-dealkylation sites (N-methyl/N-ethyl adjacent to an activating group) is 1. The predicted molar refractivity (Wildman–Crippen MR) is 82.5 cm³/mol. The molecule has 1 fully saturated rings. The van der Waals surface area contributed by atoms with Crippen LogP contribution in [-0.4, -0.2) is 45.8 Å². The van der Waals surface area contributed by atoms with Crippen LogP contribution >= 0.6 is 0 Å².